The maximum Gasteiger partial charge on any atom is 1.00 e. The zero-order valence-electron chi connectivity index (χ0n) is 21.9. The zero-order valence-corrected chi connectivity index (χ0v) is 27.5. The van der Waals surface area contributed by atoms with Gasteiger partial charge in [0.15, 0.2) is 0 Å². The van der Waals surface area contributed by atoms with Crippen molar-refractivity contribution in [1.82, 2.24) is 0 Å². The van der Waals surface area contributed by atoms with Crippen molar-refractivity contribution in [3.8, 4) is 0 Å². The molecular formula is C16H12AlF24O4Tl. The Labute approximate surface area is 261 Å². The van der Waals surface area contributed by atoms with Gasteiger partial charge in [0.2, 0.25) is 22.4 Å². The molecule has 30 heteroatoms. The van der Waals surface area contributed by atoms with Crippen LogP contribution in [0.3, 0.4) is 0 Å². The molecule has 0 saturated carbocycles. The van der Waals surface area contributed by atoms with Crippen LogP contribution in [0.25, 0.3) is 0 Å². The van der Waals surface area contributed by atoms with Crippen molar-refractivity contribution >= 4 is 41.7 Å². The monoisotopic (exact) mass is 956 g/mol. The quantitative estimate of drug-likeness (QED) is 0.181. The summed E-state index contributed by atoms with van der Waals surface area (Å²) < 4.78 is 335. The van der Waals surface area contributed by atoms with E-state index in [0.717, 1.165) is 0 Å². The number of alkyl halides is 24. The van der Waals surface area contributed by atoms with Crippen molar-refractivity contribution in [1.29, 1.82) is 0 Å². The second kappa shape index (κ2) is 12.7. The van der Waals surface area contributed by atoms with E-state index in [1.165, 1.54) is 0 Å². The molecule has 0 saturated heterocycles. The molecule has 0 radical (unpaired) electrons. The van der Waals surface area contributed by atoms with Gasteiger partial charge in [0.1, 0.15) is 0 Å². The summed E-state index contributed by atoms with van der Waals surface area (Å²) in [4.78, 5) is 0. The molecule has 0 aliphatic rings. The number of rotatable bonds is 8. The molecule has 274 valence electrons. The van der Waals surface area contributed by atoms with Gasteiger partial charge in [-0.25, -0.2) is 0 Å². The van der Waals surface area contributed by atoms with Crippen LogP contribution in [0.5, 0.6) is 0 Å². The smallest absolute Gasteiger partial charge is 0.569 e. The summed E-state index contributed by atoms with van der Waals surface area (Å²) in [6.07, 6.45) is -60.7. The average molecular weight is 956 g/mol. The van der Waals surface area contributed by atoms with Crippen molar-refractivity contribution in [3.05, 3.63) is 0 Å². The molecule has 0 unspecified atom stereocenters. The molecular weight excluding hydrogens is 943 g/mol. The van der Waals surface area contributed by atoms with Gasteiger partial charge in [-0.3, -0.25) is 0 Å². The van der Waals surface area contributed by atoms with Crippen LogP contribution in [0.1, 0.15) is 27.7 Å². The van der Waals surface area contributed by atoms with Crippen LogP contribution in [0, 0.1) is 0 Å². The van der Waals surface area contributed by atoms with Crippen LogP contribution >= 0.6 is 0 Å². The maximum atomic E-state index is 13.5. The van der Waals surface area contributed by atoms with E-state index in [4.69, 9.17) is 0 Å². The van der Waals surface area contributed by atoms with Gasteiger partial charge in [-0.15, -0.1) is 0 Å². The third-order valence-corrected chi connectivity index (χ3v) is 8.89. The first-order valence-corrected chi connectivity index (χ1v) is 12.2. The predicted molar refractivity (Wildman–Crippen MR) is 97.9 cm³/mol. The number of hydrogen-bond acceptors (Lipinski definition) is 4. The van der Waals surface area contributed by atoms with Crippen molar-refractivity contribution in [2.75, 3.05) is 0 Å². The molecule has 0 N–H and O–H groups in total. The van der Waals surface area contributed by atoms with Crippen molar-refractivity contribution in [2.45, 2.75) is 99.5 Å². The molecule has 0 amide bonds. The molecule has 0 heterocycles. The Bertz CT molecular complexity index is 807. The molecule has 0 bridgehead atoms. The van der Waals surface area contributed by atoms with Gasteiger partial charge in [-0.1, -0.05) is 0 Å². The standard InChI is InChI=1S/4C4H3F6O.Al.Tl/c4*1-2(11,3(5,6)7)4(8,9)10;;/h4*1H3;;/q4*-1;+3;+1. The van der Waals surface area contributed by atoms with E-state index in [1.807, 2.05) is 0 Å². The molecule has 0 aromatic carbocycles. The topological polar surface area (TPSA) is 36.9 Å². The van der Waals surface area contributed by atoms with Gasteiger partial charge in [0, 0.05) is 0 Å². The third kappa shape index (κ3) is 8.66. The SMILES string of the molecule is CC([O][Al-]([O]C(C)(C(F)(F)F)C(F)(F)F)([O]C(C)(C(F)(F)F)C(F)(F)F)[O]C(C)(C(F)(F)F)C(F)(F)F)(C(F)(F)F)C(F)(F)F.[Tl+]. The van der Waals surface area contributed by atoms with E-state index in [9.17, 15) is 105 Å². The van der Waals surface area contributed by atoms with E-state index in [2.05, 4.69) is 15.2 Å². The third-order valence-electron chi connectivity index (χ3n) is 5.85. The minimum atomic E-state index is -10.4. The Balaban J connectivity index is 0. The fraction of sp³-hybridized carbons (Fsp3) is 1.00. The van der Waals surface area contributed by atoms with E-state index >= 15 is 0 Å². The largest absolute Gasteiger partial charge is 1.00 e. The molecule has 0 rings (SSSR count). The van der Waals surface area contributed by atoms with Gasteiger partial charge in [-0.2, -0.15) is 105 Å². The van der Waals surface area contributed by atoms with Crippen LogP contribution in [0.2, 0.25) is 0 Å². The number of hydrogen-bond donors (Lipinski definition) is 0. The van der Waals surface area contributed by atoms with E-state index in [-0.39, 0.29) is 27.3 Å². The van der Waals surface area contributed by atoms with Crippen molar-refractivity contribution in [2.24, 2.45) is 0 Å². The Morgan fingerprint density at radius 3 is 0.413 bits per heavy atom. The van der Waals surface area contributed by atoms with Gasteiger partial charge in [0.05, 0.1) is 0 Å². The normalized spacial score (nSPS) is 16.4. The summed E-state index contributed by atoms with van der Waals surface area (Å²) in [6, 6.07) is 0. The molecule has 0 aliphatic heterocycles. The van der Waals surface area contributed by atoms with E-state index in [1.54, 1.807) is 0 Å². The Kier molecular flexibility index (Phi) is 13.2. The molecule has 0 aliphatic carbocycles. The molecule has 0 spiro atoms. The Morgan fingerprint density at radius 2 is 0.348 bits per heavy atom. The summed E-state index contributed by atoms with van der Waals surface area (Å²) in [7, 11) is 0. The molecule has 0 atom stereocenters. The maximum absolute atomic E-state index is 13.5. The molecule has 46 heavy (non-hydrogen) atoms. The van der Waals surface area contributed by atoms with Crippen molar-refractivity contribution < 1.29 is 121 Å². The first kappa shape index (κ1) is 47.7. The second-order valence-electron chi connectivity index (χ2n) is 9.16. The van der Waals surface area contributed by atoms with Crippen LogP contribution < -0.4 is 0 Å². The number of halogens is 24. The first-order valence-electron chi connectivity index (χ1n) is 10.3. The Hall–Kier alpha value is -0.385. The first-order chi connectivity index (χ1) is 18.8. The van der Waals surface area contributed by atoms with E-state index < -0.39 is 114 Å². The van der Waals surface area contributed by atoms with Crippen molar-refractivity contribution in [3.63, 3.8) is 0 Å². The average Bonchev–Trinajstić information content (AvgIpc) is 2.66. The van der Waals surface area contributed by atoms with Gasteiger partial charge < -0.3 is 15.2 Å². The van der Waals surface area contributed by atoms with Crippen LogP contribution in [0.15, 0.2) is 0 Å². The summed E-state index contributed by atoms with van der Waals surface area (Å²) in [6.45, 7) is -6.75. The van der Waals surface area contributed by atoms with Gasteiger partial charge in [0.25, 0.3) is 0 Å². The summed E-state index contributed by atoms with van der Waals surface area (Å²) >= 11 is -10.4. The zero-order chi connectivity index (χ0) is 37.3. The minimum absolute atomic E-state index is 0. The van der Waals surface area contributed by atoms with Gasteiger partial charge in [-0.05, 0) is 27.7 Å². The van der Waals surface area contributed by atoms with Crippen LogP contribution in [-0.4, -0.2) is 114 Å². The van der Waals surface area contributed by atoms with E-state index in [0.29, 0.717) is 0 Å². The van der Waals surface area contributed by atoms with Crippen LogP contribution in [-0.2, 0) is 15.2 Å². The predicted octanol–water partition coefficient (Wildman–Crippen LogP) is 8.64. The summed E-state index contributed by atoms with van der Waals surface area (Å²) in [5.74, 6) is 0. The second-order valence-corrected chi connectivity index (χ2v) is 11.3. The molecule has 0 aromatic rings. The Morgan fingerprint density at radius 1 is 0.261 bits per heavy atom. The minimum Gasteiger partial charge on any atom is -0.569 e. The fourth-order valence-electron chi connectivity index (χ4n) is 2.48. The summed E-state index contributed by atoms with van der Waals surface area (Å²) in [5.41, 5.74) is -27.6. The summed E-state index contributed by atoms with van der Waals surface area (Å²) in [5, 5.41) is 0. The fourth-order valence-corrected chi connectivity index (χ4v) is 6.14. The molecule has 0 aromatic heterocycles. The molecule has 4 nitrogen and oxygen atoms in total. The van der Waals surface area contributed by atoms with Crippen LogP contribution in [0.4, 0.5) is 105 Å². The molecule has 0 fully saturated rings. The van der Waals surface area contributed by atoms with Gasteiger partial charge >= 0.3 is 91.1 Å².